The molecule has 0 spiro atoms. The molecular formula is C16H22N4. The minimum Gasteiger partial charge on any atom is -0.308 e. The fourth-order valence-electron chi connectivity index (χ4n) is 3.59. The molecule has 1 saturated heterocycles. The van der Waals surface area contributed by atoms with Crippen LogP contribution in [0.2, 0.25) is 0 Å². The van der Waals surface area contributed by atoms with Crippen LogP contribution in [0.5, 0.6) is 0 Å². The van der Waals surface area contributed by atoms with Crippen molar-refractivity contribution >= 4 is 11.2 Å². The highest BCUT2D eigenvalue weighted by molar-refractivity contribution is 5.71. The molecule has 0 N–H and O–H groups in total. The third-order valence-electron chi connectivity index (χ3n) is 4.98. The second-order valence-corrected chi connectivity index (χ2v) is 6.26. The first kappa shape index (κ1) is 12.3. The van der Waals surface area contributed by atoms with Crippen molar-refractivity contribution in [3.05, 3.63) is 24.2 Å². The Morgan fingerprint density at radius 3 is 2.80 bits per heavy atom. The van der Waals surface area contributed by atoms with Gasteiger partial charge in [-0.1, -0.05) is 6.42 Å². The number of nitrogens with zero attached hydrogens (tertiary/aromatic N) is 4. The van der Waals surface area contributed by atoms with Crippen molar-refractivity contribution in [1.29, 1.82) is 0 Å². The Morgan fingerprint density at radius 1 is 1.15 bits per heavy atom. The van der Waals surface area contributed by atoms with E-state index in [9.17, 15) is 0 Å². The van der Waals surface area contributed by atoms with Gasteiger partial charge in [0.1, 0.15) is 11.3 Å². The lowest BCUT2D eigenvalue weighted by Gasteiger charge is -2.35. The topological polar surface area (TPSA) is 34.0 Å². The van der Waals surface area contributed by atoms with E-state index in [4.69, 9.17) is 4.98 Å². The maximum Gasteiger partial charge on any atom is 0.160 e. The first-order valence-electron chi connectivity index (χ1n) is 7.87. The van der Waals surface area contributed by atoms with Gasteiger partial charge in [-0.05, 0) is 57.8 Å². The summed E-state index contributed by atoms with van der Waals surface area (Å²) < 4.78 is 2.45. The zero-order valence-electron chi connectivity index (χ0n) is 12.1. The normalized spacial score (nSPS) is 24.9. The minimum absolute atomic E-state index is 0.471. The quantitative estimate of drug-likeness (QED) is 0.839. The van der Waals surface area contributed by atoms with Gasteiger partial charge in [-0.15, -0.1) is 0 Å². The number of likely N-dealkylation sites (tertiary alicyclic amines) is 1. The fourth-order valence-corrected chi connectivity index (χ4v) is 3.59. The van der Waals surface area contributed by atoms with Gasteiger partial charge in [0.25, 0.3) is 0 Å². The summed E-state index contributed by atoms with van der Waals surface area (Å²) in [6.07, 6.45) is 9.67. The van der Waals surface area contributed by atoms with Gasteiger partial charge in [0, 0.05) is 12.2 Å². The molecule has 4 nitrogen and oxygen atoms in total. The molecule has 2 aromatic heterocycles. The van der Waals surface area contributed by atoms with Crippen LogP contribution in [0, 0.1) is 0 Å². The molecule has 0 radical (unpaired) electrons. The van der Waals surface area contributed by atoms with Crippen molar-refractivity contribution in [2.75, 3.05) is 13.6 Å². The van der Waals surface area contributed by atoms with E-state index in [0.717, 1.165) is 11.2 Å². The number of hydrogen-bond acceptors (Lipinski definition) is 3. The molecule has 20 heavy (non-hydrogen) atoms. The summed E-state index contributed by atoms with van der Waals surface area (Å²) in [5.74, 6) is 1.26. The molecule has 1 aliphatic carbocycles. The fraction of sp³-hybridized carbons (Fsp3) is 0.625. The van der Waals surface area contributed by atoms with Crippen molar-refractivity contribution < 1.29 is 0 Å². The van der Waals surface area contributed by atoms with Crippen LogP contribution in [0.4, 0.5) is 0 Å². The molecule has 4 rings (SSSR count). The van der Waals surface area contributed by atoms with Gasteiger partial charge in [-0.2, -0.15) is 0 Å². The van der Waals surface area contributed by atoms with Gasteiger partial charge in [-0.3, -0.25) is 4.90 Å². The molecule has 1 unspecified atom stereocenters. The average Bonchev–Trinajstić information content (AvgIpc) is 2.77. The molecule has 0 amide bonds. The molecule has 2 aliphatic rings. The first-order chi connectivity index (χ1) is 9.84. The van der Waals surface area contributed by atoms with Crippen molar-refractivity contribution in [3.8, 4) is 0 Å². The number of rotatable bonds is 2. The van der Waals surface area contributed by atoms with Crippen LogP contribution < -0.4 is 0 Å². The molecule has 2 aromatic rings. The number of fused-ring (bicyclic) bond motifs is 1. The molecule has 4 heteroatoms. The SMILES string of the molecule is CN1CCCCC1c1nc2cccnc2n1C1CCC1. The third-order valence-corrected chi connectivity index (χ3v) is 4.98. The summed E-state index contributed by atoms with van der Waals surface area (Å²) in [7, 11) is 2.24. The number of imidazole rings is 1. The number of piperidine rings is 1. The summed E-state index contributed by atoms with van der Waals surface area (Å²) in [5, 5.41) is 0. The second kappa shape index (κ2) is 4.85. The average molecular weight is 270 g/mol. The first-order valence-corrected chi connectivity index (χ1v) is 7.87. The Labute approximate surface area is 119 Å². The van der Waals surface area contributed by atoms with E-state index in [-0.39, 0.29) is 0 Å². The third kappa shape index (κ3) is 1.85. The molecule has 1 saturated carbocycles. The standard InChI is InChI=1S/C16H22N4/c1-19-11-3-2-9-14(19)16-18-13-8-5-10-17-15(13)20(16)12-6-4-7-12/h5,8,10,12,14H,2-4,6-7,9,11H2,1H3. The van der Waals surface area contributed by atoms with E-state index in [1.165, 1.54) is 50.9 Å². The summed E-state index contributed by atoms with van der Waals surface area (Å²) in [5.41, 5.74) is 2.15. The lowest BCUT2D eigenvalue weighted by Crippen LogP contribution is -2.33. The molecule has 0 aromatic carbocycles. The predicted octanol–water partition coefficient (Wildman–Crippen LogP) is 3.31. The van der Waals surface area contributed by atoms with Gasteiger partial charge in [0.05, 0.1) is 6.04 Å². The van der Waals surface area contributed by atoms with Crippen LogP contribution in [0.3, 0.4) is 0 Å². The van der Waals surface area contributed by atoms with E-state index in [1.807, 2.05) is 12.3 Å². The highest BCUT2D eigenvalue weighted by atomic mass is 15.2. The smallest absolute Gasteiger partial charge is 0.160 e. The Bertz CT molecular complexity index is 614. The van der Waals surface area contributed by atoms with E-state index >= 15 is 0 Å². The van der Waals surface area contributed by atoms with Crippen molar-refractivity contribution in [3.63, 3.8) is 0 Å². The maximum absolute atomic E-state index is 4.95. The predicted molar refractivity (Wildman–Crippen MR) is 79.6 cm³/mol. The Balaban J connectivity index is 1.84. The molecule has 2 fully saturated rings. The van der Waals surface area contributed by atoms with Crippen LogP contribution in [0.25, 0.3) is 11.2 Å². The summed E-state index contributed by atoms with van der Waals surface area (Å²) >= 11 is 0. The monoisotopic (exact) mass is 270 g/mol. The lowest BCUT2D eigenvalue weighted by atomic mass is 9.92. The second-order valence-electron chi connectivity index (χ2n) is 6.26. The molecular weight excluding hydrogens is 248 g/mol. The van der Waals surface area contributed by atoms with Crippen LogP contribution in [-0.4, -0.2) is 33.0 Å². The maximum atomic E-state index is 4.95. The number of hydrogen-bond donors (Lipinski definition) is 0. The summed E-state index contributed by atoms with van der Waals surface area (Å²) in [6.45, 7) is 1.19. The van der Waals surface area contributed by atoms with Gasteiger partial charge < -0.3 is 4.57 Å². The van der Waals surface area contributed by atoms with Crippen LogP contribution in [0.15, 0.2) is 18.3 Å². The van der Waals surface area contributed by atoms with E-state index in [2.05, 4.69) is 27.6 Å². The van der Waals surface area contributed by atoms with Crippen molar-refractivity contribution in [2.45, 2.75) is 50.6 Å². The Kier molecular flexibility index (Phi) is 2.99. The van der Waals surface area contributed by atoms with Crippen LogP contribution in [-0.2, 0) is 0 Å². The highest BCUT2D eigenvalue weighted by Crippen LogP contribution is 2.39. The molecule has 106 valence electrons. The number of pyridine rings is 1. The van der Waals surface area contributed by atoms with Gasteiger partial charge in [0.15, 0.2) is 5.65 Å². The van der Waals surface area contributed by atoms with E-state index in [1.54, 1.807) is 0 Å². The molecule has 3 heterocycles. The summed E-state index contributed by atoms with van der Waals surface area (Å²) in [4.78, 5) is 12.0. The minimum atomic E-state index is 0.471. The number of aromatic nitrogens is 3. The van der Waals surface area contributed by atoms with Crippen LogP contribution in [0.1, 0.15) is 56.4 Å². The van der Waals surface area contributed by atoms with Gasteiger partial charge >= 0.3 is 0 Å². The lowest BCUT2D eigenvalue weighted by molar-refractivity contribution is 0.168. The Hall–Kier alpha value is -1.42. The zero-order chi connectivity index (χ0) is 13.5. The van der Waals surface area contributed by atoms with E-state index in [0.29, 0.717) is 12.1 Å². The largest absolute Gasteiger partial charge is 0.308 e. The zero-order valence-corrected chi connectivity index (χ0v) is 12.1. The van der Waals surface area contributed by atoms with E-state index < -0.39 is 0 Å². The Morgan fingerprint density at radius 2 is 2.05 bits per heavy atom. The van der Waals surface area contributed by atoms with Gasteiger partial charge in [-0.25, -0.2) is 9.97 Å². The molecule has 1 atom stereocenters. The van der Waals surface area contributed by atoms with Crippen LogP contribution >= 0.6 is 0 Å². The molecule has 0 bridgehead atoms. The highest BCUT2D eigenvalue weighted by Gasteiger charge is 2.31. The van der Waals surface area contributed by atoms with Gasteiger partial charge in [0.2, 0.25) is 0 Å². The van der Waals surface area contributed by atoms with Crippen molar-refractivity contribution in [1.82, 2.24) is 19.4 Å². The molecule has 1 aliphatic heterocycles. The van der Waals surface area contributed by atoms with Crippen molar-refractivity contribution in [2.24, 2.45) is 0 Å². The summed E-state index contributed by atoms with van der Waals surface area (Å²) in [6, 6.07) is 5.19.